The van der Waals surface area contributed by atoms with Gasteiger partial charge in [-0.1, -0.05) is 55.8 Å². The van der Waals surface area contributed by atoms with Gasteiger partial charge in [0.2, 0.25) is 0 Å². The summed E-state index contributed by atoms with van der Waals surface area (Å²) in [6.07, 6.45) is 7.74. The molecule has 3 rings (SSSR count). The van der Waals surface area contributed by atoms with E-state index < -0.39 is 0 Å². The summed E-state index contributed by atoms with van der Waals surface area (Å²) in [6, 6.07) is 10.4. The maximum absolute atomic E-state index is 6.27. The molecule has 2 aliphatic heterocycles. The minimum atomic E-state index is -0.116. The molecule has 0 bridgehead atoms. The Bertz CT molecular complexity index is 451. The van der Waals surface area contributed by atoms with Crippen LogP contribution in [0.5, 0.6) is 0 Å². The average molecular weight is 288 g/mol. The minimum Gasteiger partial charge on any atom is -0.366 e. The average Bonchev–Trinajstić information content (AvgIpc) is 3.17. The van der Waals surface area contributed by atoms with Gasteiger partial charge < -0.3 is 14.2 Å². The van der Waals surface area contributed by atoms with Gasteiger partial charge in [-0.25, -0.2) is 0 Å². The van der Waals surface area contributed by atoms with Gasteiger partial charge in [0.05, 0.1) is 25.4 Å². The second-order valence-electron chi connectivity index (χ2n) is 5.73. The molecule has 2 aliphatic rings. The summed E-state index contributed by atoms with van der Waals surface area (Å²) in [4.78, 5) is 0. The fourth-order valence-electron chi connectivity index (χ4n) is 3.08. The van der Waals surface area contributed by atoms with E-state index in [2.05, 4.69) is 43.3 Å². The summed E-state index contributed by atoms with van der Waals surface area (Å²) in [7, 11) is 0. The van der Waals surface area contributed by atoms with Crippen molar-refractivity contribution >= 4 is 0 Å². The molecule has 0 unspecified atom stereocenters. The summed E-state index contributed by atoms with van der Waals surface area (Å²) < 4.78 is 17.7. The van der Waals surface area contributed by atoms with E-state index in [1.165, 1.54) is 5.56 Å². The molecular formula is C18H24O3. The number of rotatable bonds is 5. The topological polar surface area (TPSA) is 27.7 Å². The van der Waals surface area contributed by atoms with Gasteiger partial charge in [0.25, 0.3) is 0 Å². The zero-order valence-corrected chi connectivity index (χ0v) is 12.6. The summed E-state index contributed by atoms with van der Waals surface area (Å²) in [5, 5.41) is 0. The fourth-order valence-corrected chi connectivity index (χ4v) is 3.08. The van der Waals surface area contributed by atoms with Crippen LogP contribution in [0, 0.1) is 5.92 Å². The first-order valence-electron chi connectivity index (χ1n) is 7.98. The lowest BCUT2D eigenvalue weighted by Gasteiger charge is -2.20. The summed E-state index contributed by atoms with van der Waals surface area (Å²) in [5.74, 6) is 0.283. The van der Waals surface area contributed by atoms with Gasteiger partial charge in [-0.15, -0.1) is 0 Å². The molecule has 0 radical (unpaired) electrons. The van der Waals surface area contributed by atoms with Crippen molar-refractivity contribution in [3.8, 4) is 0 Å². The van der Waals surface area contributed by atoms with Crippen LogP contribution in [0.1, 0.15) is 37.9 Å². The van der Waals surface area contributed by atoms with Gasteiger partial charge in [0.1, 0.15) is 0 Å². The number of unbranched alkanes of at least 4 members (excludes halogenated alkanes) is 1. The van der Waals surface area contributed by atoms with E-state index in [1.807, 2.05) is 6.07 Å². The van der Waals surface area contributed by atoms with Crippen molar-refractivity contribution in [2.75, 3.05) is 13.2 Å². The Labute approximate surface area is 126 Å². The van der Waals surface area contributed by atoms with E-state index in [-0.39, 0.29) is 24.4 Å². The zero-order chi connectivity index (χ0) is 14.5. The predicted octanol–water partition coefficient (Wildman–Crippen LogP) is 3.86. The highest BCUT2D eigenvalue weighted by molar-refractivity contribution is 5.19. The van der Waals surface area contributed by atoms with Crippen molar-refractivity contribution in [3.63, 3.8) is 0 Å². The lowest BCUT2D eigenvalue weighted by atomic mass is 9.95. The SMILES string of the molecule is CCC/C=C/[C@H]1O[C@H](c2ccccc2)C[C@@H]1C1OCCO1. The van der Waals surface area contributed by atoms with Crippen molar-refractivity contribution in [2.45, 2.75) is 44.7 Å². The lowest BCUT2D eigenvalue weighted by molar-refractivity contribution is -0.0940. The second kappa shape index (κ2) is 7.21. The molecule has 0 amide bonds. The van der Waals surface area contributed by atoms with Crippen molar-refractivity contribution < 1.29 is 14.2 Å². The standard InChI is InChI=1S/C18H24O3/c1-2-3-5-10-16-15(18-19-11-12-20-18)13-17(21-16)14-8-6-4-7-9-14/h4-10,15-18H,2-3,11-13H2,1H3/b10-5+/t15-,16+,17-/m0/s1. The monoisotopic (exact) mass is 288 g/mol. The molecule has 2 fully saturated rings. The van der Waals surface area contributed by atoms with E-state index in [4.69, 9.17) is 14.2 Å². The third kappa shape index (κ3) is 3.54. The first-order chi connectivity index (χ1) is 10.4. The molecule has 0 N–H and O–H groups in total. The Morgan fingerprint density at radius 3 is 2.62 bits per heavy atom. The van der Waals surface area contributed by atoms with Crippen LogP contribution in [-0.2, 0) is 14.2 Å². The van der Waals surface area contributed by atoms with Gasteiger partial charge in [-0.05, 0) is 18.4 Å². The smallest absolute Gasteiger partial charge is 0.163 e. The van der Waals surface area contributed by atoms with Gasteiger partial charge in [-0.2, -0.15) is 0 Å². The molecule has 2 heterocycles. The Hall–Kier alpha value is -1.16. The van der Waals surface area contributed by atoms with E-state index in [1.54, 1.807) is 0 Å². The molecule has 0 saturated carbocycles. The molecule has 2 saturated heterocycles. The highest BCUT2D eigenvalue weighted by atomic mass is 16.7. The van der Waals surface area contributed by atoms with Crippen LogP contribution in [0.15, 0.2) is 42.5 Å². The van der Waals surface area contributed by atoms with E-state index in [0.29, 0.717) is 13.2 Å². The predicted molar refractivity (Wildman–Crippen MR) is 81.9 cm³/mol. The summed E-state index contributed by atoms with van der Waals surface area (Å²) in [6.45, 7) is 3.58. The first kappa shape index (κ1) is 14.8. The molecular weight excluding hydrogens is 264 g/mol. The number of hydrogen-bond donors (Lipinski definition) is 0. The van der Waals surface area contributed by atoms with Crippen LogP contribution in [0.4, 0.5) is 0 Å². The van der Waals surface area contributed by atoms with Gasteiger partial charge in [0, 0.05) is 5.92 Å². The molecule has 114 valence electrons. The second-order valence-corrected chi connectivity index (χ2v) is 5.73. The Kier molecular flexibility index (Phi) is 5.07. The Morgan fingerprint density at radius 1 is 1.14 bits per heavy atom. The van der Waals surface area contributed by atoms with E-state index in [9.17, 15) is 0 Å². The third-order valence-electron chi connectivity index (χ3n) is 4.18. The first-order valence-corrected chi connectivity index (χ1v) is 7.98. The quantitative estimate of drug-likeness (QED) is 0.770. The molecule has 0 spiro atoms. The maximum Gasteiger partial charge on any atom is 0.163 e. The van der Waals surface area contributed by atoms with E-state index in [0.717, 1.165) is 19.3 Å². The number of benzene rings is 1. The molecule has 1 aromatic rings. The highest BCUT2D eigenvalue weighted by Crippen LogP contribution is 2.41. The van der Waals surface area contributed by atoms with Crippen molar-refractivity contribution in [1.82, 2.24) is 0 Å². The zero-order valence-electron chi connectivity index (χ0n) is 12.6. The van der Waals surface area contributed by atoms with Crippen LogP contribution < -0.4 is 0 Å². The number of allylic oxidation sites excluding steroid dienone is 1. The van der Waals surface area contributed by atoms with Crippen molar-refractivity contribution in [2.24, 2.45) is 5.92 Å². The van der Waals surface area contributed by atoms with Crippen LogP contribution in [0.2, 0.25) is 0 Å². The van der Waals surface area contributed by atoms with Gasteiger partial charge in [0.15, 0.2) is 6.29 Å². The van der Waals surface area contributed by atoms with E-state index >= 15 is 0 Å². The molecule has 3 nitrogen and oxygen atoms in total. The Balaban J connectivity index is 1.72. The van der Waals surface area contributed by atoms with Crippen LogP contribution in [-0.4, -0.2) is 25.6 Å². The molecule has 3 atom stereocenters. The molecule has 21 heavy (non-hydrogen) atoms. The largest absolute Gasteiger partial charge is 0.366 e. The lowest BCUT2D eigenvalue weighted by Crippen LogP contribution is -2.27. The van der Waals surface area contributed by atoms with Crippen molar-refractivity contribution in [3.05, 3.63) is 48.0 Å². The number of ether oxygens (including phenoxy) is 3. The van der Waals surface area contributed by atoms with Crippen molar-refractivity contribution in [1.29, 1.82) is 0 Å². The summed E-state index contributed by atoms with van der Waals surface area (Å²) >= 11 is 0. The minimum absolute atomic E-state index is 0.0878. The third-order valence-corrected chi connectivity index (χ3v) is 4.18. The molecule has 1 aromatic carbocycles. The maximum atomic E-state index is 6.27. The van der Waals surface area contributed by atoms with Crippen LogP contribution >= 0.6 is 0 Å². The Morgan fingerprint density at radius 2 is 1.90 bits per heavy atom. The summed E-state index contributed by atoms with van der Waals surface area (Å²) in [5.41, 5.74) is 1.24. The van der Waals surface area contributed by atoms with Crippen LogP contribution in [0.25, 0.3) is 0 Å². The van der Waals surface area contributed by atoms with Gasteiger partial charge in [-0.3, -0.25) is 0 Å². The molecule has 0 aliphatic carbocycles. The molecule has 3 heteroatoms. The normalized spacial score (nSPS) is 30.4. The fraction of sp³-hybridized carbons (Fsp3) is 0.556. The number of hydrogen-bond acceptors (Lipinski definition) is 3. The van der Waals surface area contributed by atoms with Crippen LogP contribution in [0.3, 0.4) is 0 Å². The van der Waals surface area contributed by atoms with Gasteiger partial charge >= 0.3 is 0 Å². The molecule has 0 aromatic heterocycles. The highest BCUT2D eigenvalue weighted by Gasteiger charge is 2.41.